The molecule has 1 atom stereocenters. The van der Waals surface area contributed by atoms with Crippen LogP contribution in [0.2, 0.25) is 0 Å². The summed E-state index contributed by atoms with van der Waals surface area (Å²) in [6, 6.07) is 11.3. The molecular formula is C17H18N2O3S. The topological polar surface area (TPSA) is 67.4 Å². The maximum absolute atomic E-state index is 12.2. The Morgan fingerprint density at radius 3 is 3.00 bits per heavy atom. The number of carbonyl (C=O) groups excluding carboxylic acids is 2. The molecule has 2 aromatic rings. The standard InChI is InChI=1S/C17H18N2O3S/c20-16(18-8-7-13-4-3-9-23-13)10-12-11-22-15-6-2-1-5-14(15)19-17(12)21/h1-6,9,12H,7-8,10-11H2,(H,18,20)(H,19,21)/t12-/m0/s1. The van der Waals surface area contributed by atoms with Gasteiger partial charge in [0.05, 0.1) is 11.6 Å². The summed E-state index contributed by atoms with van der Waals surface area (Å²) in [5.74, 6) is -0.148. The molecule has 23 heavy (non-hydrogen) atoms. The summed E-state index contributed by atoms with van der Waals surface area (Å²) in [7, 11) is 0. The van der Waals surface area contributed by atoms with Crippen LogP contribution in [0.4, 0.5) is 5.69 Å². The van der Waals surface area contributed by atoms with Crippen molar-refractivity contribution in [2.45, 2.75) is 12.8 Å². The highest BCUT2D eigenvalue weighted by atomic mass is 32.1. The van der Waals surface area contributed by atoms with Crippen molar-refractivity contribution in [3.63, 3.8) is 0 Å². The smallest absolute Gasteiger partial charge is 0.231 e. The van der Waals surface area contributed by atoms with Crippen LogP contribution < -0.4 is 15.4 Å². The highest BCUT2D eigenvalue weighted by Crippen LogP contribution is 2.28. The van der Waals surface area contributed by atoms with Gasteiger partial charge in [0, 0.05) is 17.8 Å². The number of rotatable bonds is 5. The molecule has 0 aliphatic carbocycles. The molecule has 5 nitrogen and oxygen atoms in total. The van der Waals surface area contributed by atoms with E-state index in [1.807, 2.05) is 29.6 Å². The molecular weight excluding hydrogens is 312 g/mol. The summed E-state index contributed by atoms with van der Waals surface area (Å²) >= 11 is 1.67. The Bertz CT molecular complexity index is 685. The number of carbonyl (C=O) groups is 2. The SMILES string of the molecule is O=C(C[C@H]1COc2ccccc2NC1=O)NCCc1cccs1. The predicted molar refractivity (Wildman–Crippen MR) is 89.7 cm³/mol. The molecule has 1 aliphatic rings. The van der Waals surface area contributed by atoms with Gasteiger partial charge >= 0.3 is 0 Å². The minimum Gasteiger partial charge on any atom is -0.491 e. The van der Waals surface area contributed by atoms with Gasteiger partial charge in [0.1, 0.15) is 12.4 Å². The molecule has 1 aromatic heterocycles. The largest absolute Gasteiger partial charge is 0.491 e. The van der Waals surface area contributed by atoms with Gasteiger partial charge in [0.15, 0.2) is 0 Å². The van der Waals surface area contributed by atoms with E-state index in [9.17, 15) is 9.59 Å². The molecule has 120 valence electrons. The van der Waals surface area contributed by atoms with Crippen molar-refractivity contribution < 1.29 is 14.3 Å². The molecule has 0 saturated carbocycles. The van der Waals surface area contributed by atoms with Gasteiger partial charge in [0.25, 0.3) is 0 Å². The maximum Gasteiger partial charge on any atom is 0.231 e. The van der Waals surface area contributed by atoms with E-state index in [4.69, 9.17) is 4.74 Å². The predicted octanol–water partition coefficient (Wildman–Crippen LogP) is 2.44. The van der Waals surface area contributed by atoms with E-state index in [1.54, 1.807) is 23.5 Å². The quantitative estimate of drug-likeness (QED) is 0.885. The Labute approximate surface area is 138 Å². The molecule has 0 radical (unpaired) electrons. The minimum atomic E-state index is -0.482. The molecule has 1 aromatic carbocycles. The molecule has 0 bridgehead atoms. The number of nitrogens with one attached hydrogen (secondary N) is 2. The molecule has 0 spiro atoms. The lowest BCUT2D eigenvalue weighted by molar-refractivity contribution is -0.128. The number of amides is 2. The first-order valence-electron chi connectivity index (χ1n) is 7.54. The van der Waals surface area contributed by atoms with E-state index in [2.05, 4.69) is 10.6 Å². The third-order valence-corrected chi connectivity index (χ3v) is 4.60. The molecule has 6 heteroatoms. The lowest BCUT2D eigenvalue weighted by Crippen LogP contribution is -2.33. The molecule has 1 aliphatic heterocycles. The van der Waals surface area contributed by atoms with Crippen molar-refractivity contribution in [1.29, 1.82) is 0 Å². The fourth-order valence-corrected chi connectivity index (χ4v) is 3.13. The Balaban J connectivity index is 1.49. The van der Waals surface area contributed by atoms with Crippen molar-refractivity contribution in [3.8, 4) is 5.75 Å². The second kappa shape index (κ2) is 7.28. The summed E-state index contributed by atoms with van der Waals surface area (Å²) in [5, 5.41) is 7.69. The lowest BCUT2D eigenvalue weighted by atomic mass is 10.1. The number of thiophene rings is 1. The van der Waals surface area contributed by atoms with E-state index in [-0.39, 0.29) is 24.8 Å². The highest BCUT2D eigenvalue weighted by Gasteiger charge is 2.26. The number of hydrogen-bond acceptors (Lipinski definition) is 4. The van der Waals surface area contributed by atoms with Crippen LogP contribution >= 0.6 is 11.3 Å². The van der Waals surface area contributed by atoms with Crippen molar-refractivity contribution in [1.82, 2.24) is 5.32 Å². The summed E-state index contributed by atoms with van der Waals surface area (Å²) in [4.78, 5) is 25.5. The van der Waals surface area contributed by atoms with Crippen molar-refractivity contribution >= 4 is 28.8 Å². The zero-order valence-corrected chi connectivity index (χ0v) is 13.4. The zero-order valence-electron chi connectivity index (χ0n) is 12.6. The fourth-order valence-electron chi connectivity index (χ4n) is 2.42. The van der Waals surface area contributed by atoms with Gasteiger partial charge in [-0.15, -0.1) is 11.3 Å². The second-order valence-corrected chi connectivity index (χ2v) is 6.41. The van der Waals surface area contributed by atoms with Crippen LogP contribution in [0.1, 0.15) is 11.3 Å². The van der Waals surface area contributed by atoms with Gasteiger partial charge in [-0.1, -0.05) is 18.2 Å². The third kappa shape index (κ3) is 4.10. The first-order chi connectivity index (χ1) is 11.2. The van der Waals surface area contributed by atoms with Crippen molar-refractivity contribution in [2.75, 3.05) is 18.5 Å². The van der Waals surface area contributed by atoms with Crippen LogP contribution in [0.25, 0.3) is 0 Å². The van der Waals surface area contributed by atoms with Crippen LogP contribution in [0.15, 0.2) is 41.8 Å². The molecule has 2 N–H and O–H groups in total. The maximum atomic E-state index is 12.2. The van der Waals surface area contributed by atoms with Gasteiger partial charge in [-0.25, -0.2) is 0 Å². The highest BCUT2D eigenvalue weighted by molar-refractivity contribution is 7.09. The van der Waals surface area contributed by atoms with E-state index >= 15 is 0 Å². The fraction of sp³-hybridized carbons (Fsp3) is 0.294. The minimum absolute atomic E-state index is 0.128. The number of benzene rings is 1. The molecule has 0 fully saturated rings. The Morgan fingerprint density at radius 2 is 2.17 bits per heavy atom. The van der Waals surface area contributed by atoms with Crippen LogP contribution in [-0.2, 0) is 16.0 Å². The monoisotopic (exact) mass is 330 g/mol. The number of hydrogen-bond donors (Lipinski definition) is 2. The summed E-state index contributed by atoms with van der Waals surface area (Å²) in [5.41, 5.74) is 0.651. The average molecular weight is 330 g/mol. The van der Waals surface area contributed by atoms with Gasteiger partial charge in [-0.05, 0) is 30.0 Å². The zero-order chi connectivity index (χ0) is 16.1. The van der Waals surface area contributed by atoms with Gasteiger partial charge < -0.3 is 15.4 Å². The molecule has 3 rings (SSSR count). The van der Waals surface area contributed by atoms with Crippen molar-refractivity contribution in [3.05, 3.63) is 46.7 Å². The summed E-state index contributed by atoms with van der Waals surface area (Å²) in [6.07, 6.45) is 0.937. The summed E-state index contributed by atoms with van der Waals surface area (Å²) < 4.78 is 5.63. The summed E-state index contributed by atoms with van der Waals surface area (Å²) in [6.45, 7) is 0.788. The van der Waals surface area contributed by atoms with Crippen LogP contribution in [0.5, 0.6) is 5.75 Å². The normalized spacial score (nSPS) is 16.7. The first-order valence-corrected chi connectivity index (χ1v) is 8.42. The average Bonchev–Trinajstić information content (AvgIpc) is 3.00. The van der Waals surface area contributed by atoms with Gasteiger partial charge in [-0.3, -0.25) is 9.59 Å². The number of ether oxygens (including phenoxy) is 1. The van der Waals surface area contributed by atoms with Crippen LogP contribution in [0.3, 0.4) is 0 Å². The molecule has 2 heterocycles. The molecule has 0 saturated heterocycles. The third-order valence-electron chi connectivity index (χ3n) is 3.66. The second-order valence-electron chi connectivity index (χ2n) is 5.38. The van der Waals surface area contributed by atoms with Crippen LogP contribution in [-0.4, -0.2) is 25.0 Å². The van der Waals surface area contributed by atoms with E-state index < -0.39 is 5.92 Å². The number of anilines is 1. The lowest BCUT2D eigenvalue weighted by Gasteiger charge is -2.12. The van der Waals surface area contributed by atoms with E-state index in [1.165, 1.54) is 4.88 Å². The van der Waals surface area contributed by atoms with Crippen LogP contribution in [0, 0.1) is 5.92 Å². The van der Waals surface area contributed by atoms with Crippen molar-refractivity contribution in [2.24, 2.45) is 5.92 Å². The first kappa shape index (κ1) is 15.6. The van der Waals surface area contributed by atoms with Gasteiger partial charge in [0.2, 0.25) is 11.8 Å². The van der Waals surface area contributed by atoms with Gasteiger partial charge in [-0.2, -0.15) is 0 Å². The molecule has 2 amide bonds. The Hall–Kier alpha value is -2.34. The number of para-hydroxylation sites is 2. The van der Waals surface area contributed by atoms with E-state index in [0.29, 0.717) is 18.0 Å². The molecule has 0 unspecified atom stereocenters. The van der Waals surface area contributed by atoms with E-state index in [0.717, 1.165) is 6.42 Å². The number of fused-ring (bicyclic) bond motifs is 1. The Kier molecular flexibility index (Phi) is 4.92. The Morgan fingerprint density at radius 1 is 1.30 bits per heavy atom.